The summed E-state index contributed by atoms with van der Waals surface area (Å²) in [5, 5.41) is 0. The summed E-state index contributed by atoms with van der Waals surface area (Å²) in [6, 6.07) is 0.577. The smallest absolute Gasteiger partial charge is 0.333 e. The molecule has 1 atom stereocenters. The molecule has 88 valence electrons. The van der Waals surface area contributed by atoms with E-state index in [0.29, 0.717) is 18.2 Å². The van der Waals surface area contributed by atoms with Gasteiger partial charge in [-0.3, -0.25) is 0 Å². The van der Waals surface area contributed by atoms with Crippen molar-refractivity contribution in [3.63, 3.8) is 0 Å². The molecule has 3 nitrogen and oxygen atoms in total. The number of esters is 1. The predicted octanol–water partition coefficient (Wildman–Crippen LogP) is 1.98. The molecule has 1 unspecified atom stereocenters. The second kappa shape index (κ2) is 5.91. The highest BCUT2D eigenvalue weighted by atomic mass is 16.5. The van der Waals surface area contributed by atoms with Crippen LogP contribution in [0.25, 0.3) is 0 Å². The van der Waals surface area contributed by atoms with Gasteiger partial charge >= 0.3 is 5.97 Å². The molecule has 0 aliphatic heterocycles. The second-order valence-corrected chi connectivity index (χ2v) is 5.02. The van der Waals surface area contributed by atoms with Crippen LogP contribution in [0, 0.1) is 0 Å². The Balaban J connectivity index is 3.64. The first-order chi connectivity index (χ1) is 6.75. The van der Waals surface area contributed by atoms with E-state index in [4.69, 9.17) is 4.74 Å². The lowest BCUT2D eigenvalue weighted by atomic mass is 10.1. The van der Waals surface area contributed by atoms with E-state index in [2.05, 4.69) is 34.6 Å². The number of nitrogens with zero attached hydrogens (tertiary/aromatic N) is 1. The van der Waals surface area contributed by atoms with Crippen LogP contribution in [-0.2, 0) is 9.53 Å². The second-order valence-electron chi connectivity index (χ2n) is 5.02. The molecule has 0 rings (SSSR count). The number of ether oxygens (including phenoxy) is 1. The van der Waals surface area contributed by atoms with Gasteiger partial charge in [0.25, 0.3) is 0 Å². The summed E-state index contributed by atoms with van der Waals surface area (Å²) in [7, 11) is 6.51. The van der Waals surface area contributed by atoms with Crippen molar-refractivity contribution in [2.75, 3.05) is 27.7 Å². The molecule has 0 aliphatic carbocycles. The fraction of sp³-hybridized carbons (Fsp3) is 0.750. The number of hydrogen-bond acceptors (Lipinski definition) is 2. The molecule has 0 aromatic carbocycles. The monoisotopic (exact) mass is 214 g/mol. The van der Waals surface area contributed by atoms with E-state index in [0.717, 1.165) is 17.3 Å². The van der Waals surface area contributed by atoms with Crippen molar-refractivity contribution in [1.82, 2.24) is 0 Å². The van der Waals surface area contributed by atoms with Crippen molar-refractivity contribution in [1.29, 1.82) is 0 Å². The van der Waals surface area contributed by atoms with E-state index in [9.17, 15) is 4.79 Å². The van der Waals surface area contributed by atoms with E-state index in [-0.39, 0.29) is 5.97 Å². The molecule has 0 heterocycles. The zero-order chi connectivity index (χ0) is 12.1. The summed E-state index contributed by atoms with van der Waals surface area (Å²) in [6.07, 6.45) is 1.97. The van der Waals surface area contributed by atoms with Crippen LogP contribution < -0.4 is 0 Å². The van der Waals surface area contributed by atoms with Crippen molar-refractivity contribution in [3.8, 4) is 0 Å². The van der Waals surface area contributed by atoms with Crippen LogP contribution in [0.15, 0.2) is 12.2 Å². The molecule has 0 bridgehead atoms. The van der Waals surface area contributed by atoms with E-state index in [1.54, 1.807) is 6.92 Å². The minimum atomic E-state index is -0.284. The molecule has 0 fully saturated rings. The van der Waals surface area contributed by atoms with Gasteiger partial charge in [0.2, 0.25) is 0 Å². The molecule has 0 saturated heterocycles. The Morgan fingerprint density at radius 1 is 1.40 bits per heavy atom. The van der Waals surface area contributed by atoms with Crippen molar-refractivity contribution in [2.24, 2.45) is 0 Å². The Kier molecular flexibility index (Phi) is 5.58. The minimum Gasteiger partial charge on any atom is -0.462 e. The van der Waals surface area contributed by atoms with Crippen LogP contribution >= 0.6 is 0 Å². The molecule has 0 aromatic rings. The van der Waals surface area contributed by atoms with Crippen molar-refractivity contribution >= 4 is 5.97 Å². The average molecular weight is 214 g/mol. The zero-order valence-electron chi connectivity index (χ0n) is 10.7. The third-order valence-corrected chi connectivity index (χ3v) is 2.67. The number of rotatable bonds is 6. The topological polar surface area (TPSA) is 26.3 Å². The molecule has 0 radical (unpaired) electrons. The third-order valence-electron chi connectivity index (χ3n) is 2.67. The molecular weight excluding hydrogens is 190 g/mol. The Labute approximate surface area is 93.3 Å². The normalized spacial score (nSPS) is 13.4. The highest BCUT2D eigenvalue weighted by Crippen LogP contribution is 2.09. The van der Waals surface area contributed by atoms with Crippen molar-refractivity contribution in [3.05, 3.63) is 12.2 Å². The molecule has 0 aliphatic rings. The zero-order valence-corrected chi connectivity index (χ0v) is 10.7. The van der Waals surface area contributed by atoms with Gasteiger partial charge in [-0.05, 0) is 20.3 Å². The van der Waals surface area contributed by atoms with Gasteiger partial charge in [-0.2, -0.15) is 0 Å². The largest absolute Gasteiger partial charge is 0.462 e. The van der Waals surface area contributed by atoms with Crippen molar-refractivity contribution < 1.29 is 14.0 Å². The summed E-state index contributed by atoms with van der Waals surface area (Å²) in [5.74, 6) is -0.284. The predicted molar refractivity (Wildman–Crippen MR) is 62.5 cm³/mol. The maximum atomic E-state index is 11.1. The van der Waals surface area contributed by atoms with Gasteiger partial charge in [0, 0.05) is 12.0 Å². The van der Waals surface area contributed by atoms with Crippen LogP contribution in [0.3, 0.4) is 0 Å². The van der Waals surface area contributed by atoms with Crippen LogP contribution in [0.2, 0.25) is 0 Å². The first-order valence-corrected chi connectivity index (χ1v) is 5.39. The van der Waals surface area contributed by atoms with Gasteiger partial charge in [-0.15, -0.1) is 0 Å². The standard InChI is InChI=1S/C12H24NO2/c1-10(2)12(14)15-9-7-8-11(3)13(4,5)6/h11H,1,7-9H2,2-6H3/q+1. The van der Waals surface area contributed by atoms with E-state index in [1.165, 1.54) is 0 Å². The fourth-order valence-electron chi connectivity index (χ4n) is 1.05. The van der Waals surface area contributed by atoms with E-state index in [1.807, 2.05) is 0 Å². The SMILES string of the molecule is C=C(C)C(=O)OCCCC(C)[N+](C)(C)C. The lowest BCUT2D eigenvalue weighted by Gasteiger charge is -2.31. The first-order valence-electron chi connectivity index (χ1n) is 5.39. The van der Waals surface area contributed by atoms with Gasteiger partial charge in [-0.1, -0.05) is 6.58 Å². The third kappa shape index (κ3) is 6.28. The Morgan fingerprint density at radius 3 is 2.33 bits per heavy atom. The summed E-state index contributed by atoms with van der Waals surface area (Å²) < 4.78 is 5.96. The number of hydrogen-bond donors (Lipinski definition) is 0. The van der Waals surface area contributed by atoms with Crippen LogP contribution in [0.5, 0.6) is 0 Å². The summed E-state index contributed by atoms with van der Waals surface area (Å²) in [4.78, 5) is 11.1. The van der Waals surface area contributed by atoms with Gasteiger partial charge in [0.05, 0.1) is 33.8 Å². The van der Waals surface area contributed by atoms with E-state index < -0.39 is 0 Å². The van der Waals surface area contributed by atoms with Gasteiger partial charge in [0.1, 0.15) is 0 Å². The number of carbonyl (C=O) groups excluding carboxylic acids is 1. The number of quaternary nitrogens is 1. The summed E-state index contributed by atoms with van der Waals surface area (Å²) >= 11 is 0. The van der Waals surface area contributed by atoms with Crippen LogP contribution in [0.4, 0.5) is 0 Å². The van der Waals surface area contributed by atoms with Gasteiger partial charge < -0.3 is 9.22 Å². The van der Waals surface area contributed by atoms with E-state index >= 15 is 0 Å². The Bertz CT molecular complexity index is 228. The molecular formula is C12H24NO2+. The maximum absolute atomic E-state index is 11.1. The van der Waals surface area contributed by atoms with Crippen LogP contribution in [0.1, 0.15) is 26.7 Å². The molecule has 0 saturated carbocycles. The lowest BCUT2D eigenvalue weighted by Crippen LogP contribution is -2.43. The molecule has 3 heteroatoms. The average Bonchev–Trinajstić information content (AvgIpc) is 2.09. The summed E-state index contributed by atoms with van der Waals surface area (Å²) in [6.45, 7) is 7.90. The Hall–Kier alpha value is -0.830. The molecule has 15 heavy (non-hydrogen) atoms. The minimum absolute atomic E-state index is 0.284. The highest BCUT2D eigenvalue weighted by Gasteiger charge is 2.17. The highest BCUT2D eigenvalue weighted by molar-refractivity contribution is 5.86. The molecule has 0 N–H and O–H groups in total. The quantitative estimate of drug-likeness (QED) is 0.292. The Morgan fingerprint density at radius 2 is 1.93 bits per heavy atom. The molecule has 0 amide bonds. The molecule has 0 spiro atoms. The molecule has 0 aromatic heterocycles. The van der Waals surface area contributed by atoms with Gasteiger partial charge in [-0.25, -0.2) is 4.79 Å². The van der Waals surface area contributed by atoms with Crippen LogP contribution in [-0.4, -0.2) is 44.2 Å². The number of carbonyl (C=O) groups is 1. The maximum Gasteiger partial charge on any atom is 0.333 e. The van der Waals surface area contributed by atoms with Crippen molar-refractivity contribution in [2.45, 2.75) is 32.7 Å². The fourth-order valence-corrected chi connectivity index (χ4v) is 1.05. The first kappa shape index (κ1) is 14.2. The van der Waals surface area contributed by atoms with Gasteiger partial charge in [0.15, 0.2) is 0 Å². The lowest BCUT2D eigenvalue weighted by molar-refractivity contribution is -0.894. The summed E-state index contributed by atoms with van der Waals surface area (Å²) in [5.41, 5.74) is 0.467.